The number of halogens is 2. The van der Waals surface area contributed by atoms with Gasteiger partial charge in [-0.25, -0.2) is 4.39 Å². The summed E-state index contributed by atoms with van der Waals surface area (Å²) in [7, 11) is 2.15. The van der Waals surface area contributed by atoms with Crippen molar-refractivity contribution in [3.05, 3.63) is 59.4 Å². The van der Waals surface area contributed by atoms with Gasteiger partial charge in [0.25, 0.3) is 0 Å². The number of alkyl halides is 1. The van der Waals surface area contributed by atoms with Crippen molar-refractivity contribution in [3.63, 3.8) is 0 Å². The lowest BCUT2D eigenvalue weighted by Gasteiger charge is -2.33. The van der Waals surface area contributed by atoms with E-state index in [1.54, 1.807) is 24.3 Å². The molecule has 2 fully saturated rings. The molecule has 1 atom stereocenters. The van der Waals surface area contributed by atoms with Gasteiger partial charge in [-0.05, 0) is 67.6 Å². The molecule has 42 heavy (non-hydrogen) atoms. The highest BCUT2D eigenvalue weighted by Crippen LogP contribution is 2.33. The number of nitrogens with zero attached hydrogens (tertiary/aromatic N) is 3. The molecule has 7 nitrogen and oxygen atoms in total. The van der Waals surface area contributed by atoms with Crippen molar-refractivity contribution in [2.24, 2.45) is 0 Å². The molecule has 2 aromatic carbocycles. The Morgan fingerprint density at radius 2 is 1.69 bits per heavy atom. The van der Waals surface area contributed by atoms with E-state index in [2.05, 4.69) is 22.2 Å². The van der Waals surface area contributed by atoms with Crippen LogP contribution < -0.4 is 15.0 Å². The van der Waals surface area contributed by atoms with Gasteiger partial charge in [0.1, 0.15) is 23.5 Å². The molecule has 0 spiro atoms. The van der Waals surface area contributed by atoms with Crippen LogP contribution in [0.5, 0.6) is 5.75 Å². The van der Waals surface area contributed by atoms with Crippen LogP contribution in [0, 0.1) is 5.82 Å². The van der Waals surface area contributed by atoms with Gasteiger partial charge in [-0.15, -0.1) is 11.6 Å². The number of carbonyl (C=O) groups is 2. The second kappa shape index (κ2) is 15.7. The minimum atomic E-state index is -1.08. The van der Waals surface area contributed by atoms with Gasteiger partial charge in [0.15, 0.2) is 0 Å². The number of rotatable bonds is 12. The van der Waals surface area contributed by atoms with Crippen LogP contribution in [0.2, 0.25) is 0 Å². The Kier molecular flexibility index (Phi) is 12.0. The van der Waals surface area contributed by atoms with Crippen molar-refractivity contribution in [2.45, 2.75) is 70.4 Å². The van der Waals surface area contributed by atoms with Crippen LogP contribution in [0.1, 0.15) is 75.5 Å². The summed E-state index contributed by atoms with van der Waals surface area (Å²) < 4.78 is 21.6. The second-order valence-corrected chi connectivity index (χ2v) is 12.2. The zero-order valence-electron chi connectivity index (χ0n) is 25.3. The standard InChI is InChI=1S/C33H46ClFN4O3/c1-24(2)26-12-15-30(29(35)22-26)39(31(40)23-34)32(33(41)36-27-8-5-4-6-9-27)25-10-13-28(14-11-25)42-21-7-16-38-19-17-37(3)18-20-38/h10-15,22,24,27,32H,4-9,16-21,23H2,1-3H3,(H,36,41). The Morgan fingerprint density at radius 1 is 1.02 bits per heavy atom. The number of anilines is 1. The second-order valence-electron chi connectivity index (χ2n) is 11.9. The Bertz CT molecular complexity index is 1160. The first-order valence-electron chi connectivity index (χ1n) is 15.4. The SMILES string of the molecule is CC(C)c1ccc(N(C(=O)CCl)C(C(=O)NC2CCCCC2)c2ccc(OCCCN3CCN(C)CC3)cc2)c(F)c1. The number of hydrogen-bond donors (Lipinski definition) is 1. The Hall–Kier alpha value is -2.68. The van der Waals surface area contributed by atoms with Crippen molar-refractivity contribution >= 4 is 29.1 Å². The summed E-state index contributed by atoms with van der Waals surface area (Å²) in [4.78, 5) is 33.2. The molecule has 0 aromatic heterocycles. The van der Waals surface area contributed by atoms with Crippen LogP contribution in [0.15, 0.2) is 42.5 Å². The van der Waals surface area contributed by atoms with Crippen LogP contribution >= 0.6 is 11.6 Å². The fourth-order valence-corrected chi connectivity index (χ4v) is 5.93. The van der Waals surface area contributed by atoms with E-state index in [0.717, 1.165) is 76.8 Å². The average Bonchev–Trinajstić information content (AvgIpc) is 2.99. The molecule has 1 heterocycles. The third-order valence-electron chi connectivity index (χ3n) is 8.42. The summed E-state index contributed by atoms with van der Waals surface area (Å²) in [5.74, 6) is -1.02. The molecule has 230 valence electrons. The monoisotopic (exact) mass is 600 g/mol. The van der Waals surface area contributed by atoms with Crippen molar-refractivity contribution in [2.75, 3.05) is 57.2 Å². The van der Waals surface area contributed by atoms with Crippen molar-refractivity contribution in [1.29, 1.82) is 0 Å². The number of benzene rings is 2. The third-order valence-corrected chi connectivity index (χ3v) is 8.65. The molecule has 1 aliphatic heterocycles. The van der Waals surface area contributed by atoms with E-state index in [1.165, 1.54) is 11.0 Å². The van der Waals surface area contributed by atoms with Gasteiger partial charge in [-0.3, -0.25) is 14.5 Å². The lowest BCUT2D eigenvalue weighted by molar-refractivity contribution is -0.126. The van der Waals surface area contributed by atoms with Crippen LogP contribution in [0.25, 0.3) is 0 Å². The molecule has 0 bridgehead atoms. The fraction of sp³-hybridized carbons (Fsp3) is 0.576. The minimum absolute atomic E-state index is 0.0257. The largest absolute Gasteiger partial charge is 0.494 e. The zero-order valence-corrected chi connectivity index (χ0v) is 26.0. The van der Waals surface area contributed by atoms with E-state index in [4.69, 9.17) is 16.3 Å². The van der Waals surface area contributed by atoms with E-state index >= 15 is 4.39 Å². The fourth-order valence-electron chi connectivity index (χ4n) is 5.80. The van der Waals surface area contributed by atoms with E-state index < -0.39 is 17.8 Å². The molecule has 0 radical (unpaired) electrons. The maximum Gasteiger partial charge on any atom is 0.248 e. The first-order valence-corrected chi connectivity index (χ1v) is 15.9. The summed E-state index contributed by atoms with van der Waals surface area (Å²) in [6.45, 7) is 9.87. The Morgan fingerprint density at radius 3 is 2.31 bits per heavy atom. The van der Waals surface area contributed by atoms with Crippen LogP contribution in [0.3, 0.4) is 0 Å². The van der Waals surface area contributed by atoms with Crippen LogP contribution in [-0.4, -0.2) is 79.9 Å². The summed E-state index contributed by atoms with van der Waals surface area (Å²) in [6, 6.07) is 11.0. The topological polar surface area (TPSA) is 65.1 Å². The highest BCUT2D eigenvalue weighted by Gasteiger charge is 2.35. The molecular weight excluding hydrogens is 555 g/mol. The lowest BCUT2D eigenvalue weighted by atomic mass is 9.94. The normalized spacial score (nSPS) is 17.7. The molecule has 1 saturated heterocycles. The summed E-state index contributed by atoms with van der Waals surface area (Å²) in [6.07, 6.45) is 5.94. The van der Waals surface area contributed by atoms with Crippen molar-refractivity contribution in [1.82, 2.24) is 15.1 Å². The molecule has 4 rings (SSSR count). The molecule has 2 aliphatic rings. The number of amides is 2. The summed E-state index contributed by atoms with van der Waals surface area (Å²) >= 11 is 6.05. The smallest absolute Gasteiger partial charge is 0.248 e. The maximum absolute atomic E-state index is 15.6. The first-order chi connectivity index (χ1) is 20.3. The summed E-state index contributed by atoms with van der Waals surface area (Å²) in [5, 5.41) is 3.15. The van der Waals surface area contributed by atoms with Crippen molar-refractivity contribution < 1.29 is 18.7 Å². The predicted octanol–water partition coefficient (Wildman–Crippen LogP) is 5.73. The Balaban J connectivity index is 1.54. The van der Waals surface area contributed by atoms with Gasteiger partial charge < -0.3 is 19.9 Å². The molecule has 1 saturated carbocycles. The van der Waals surface area contributed by atoms with Crippen LogP contribution in [0.4, 0.5) is 10.1 Å². The molecule has 9 heteroatoms. The van der Waals surface area contributed by atoms with Gasteiger partial charge in [0.05, 0.1) is 12.3 Å². The van der Waals surface area contributed by atoms with E-state index in [0.29, 0.717) is 17.9 Å². The molecule has 1 unspecified atom stereocenters. The van der Waals surface area contributed by atoms with Crippen molar-refractivity contribution in [3.8, 4) is 5.75 Å². The molecule has 1 aliphatic carbocycles. The third kappa shape index (κ3) is 8.68. The number of nitrogens with one attached hydrogen (secondary N) is 1. The number of ether oxygens (including phenoxy) is 1. The van der Waals surface area contributed by atoms with Gasteiger partial charge in [0.2, 0.25) is 11.8 Å². The average molecular weight is 601 g/mol. The van der Waals surface area contributed by atoms with Gasteiger partial charge in [0, 0.05) is 38.8 Å². The summed E-state index contributed by atoms with van der Waals surface area (Å²) in [5.41, 5.74) is 1.42. The molecule has 2 aromatic rings. The highest BCUT2D eigenvalue weighted by molar-refractivity contribution is 6.29. The Labute approximate surface area is 255 Å². The van der Waals surface area contributed by atoms with Gasteiger partial charge in [-0.1, -0.05) is 51.3 Å². The molecule has 1 N–H and O–H groups in total. The maximum atomic E-state index is 15.6. The predicted molar refractivity (Wildman–Crippen MR) is 167 cm³/mol. The first kappa shape index (κ1) is 32.2. The number of likely N-dealkylation sites (N-methyl/N-ethyl adjacent to an activating group) is 1. The lowest BCUT2D eigenvalue weighted by Crippen LogP contribution is -2.48. The van der Waals surface area contributed by atoms with Gasteiger partial charge >= 0.3 is 0 Å². The van der Waals surface area contributed by atoms with E-state index in [9.17, 15) is 9.59 Å². The highest BCUT2D eigenvalue weighted by atomic mass is 35.5. The number of hydrogen-bond acceptors (Lipinski definition) is 5. The minimum Gasteiger partial charge on any atom is -0.494 e. The molecule has 2 amide bonds. The quantitative estimate of drug-likeness (QED) is 0.249. The number of piperazine rings is 1. The van der Waals surface area contributed by atoms with E-state index in [1.807, 2.05) is 26.0 Å². The molecular formula is C33H46ClFN4O3. The zero-order chi connectivity index (χ0) is 30.1. The van der Waals surface area contributed by atoms with Crippen LogP contribution in [-0.2, 0) is 9.59 Å². The van der Waals surface area contributed by atoms with Gasteiger partial charge in [-0.2, -0.15) is 0 Å². The number of carbonyl (C=O) groups excluding carboxylic acids is 2. The van der Waals surface area contributed by atoms with E-state index in [-0.39, 0.29) is 29.4 Å².